The third kappa shape index (κ3) is 4.47. The fourth-order valence-corrected chi connectivity index (χ4v) is 4.59. The molecule has 1 atom stereocenters. The van der Waals surface area contributed by atoms with E-state index in [0.29, 0.717) is 12.0 Å². The summed E-state index contributed by atoms with van der Waals surface area (Å²) in [5.41, 5.74) is 5.36. The van der Waals surface area contributed by atoms with Crippen molar-refractivity contribution in [2.45, 2.75) is 33.2 Å². The van der Waals surface area contributed by atoms with Gasteiger partial charge < -0.3 is 4.90 Å². The fourth-order valence-electron chi connectivity index (χ4n) is 4.59. The first-order chi connectivity index (χ1) is 16.0. The predicted octanol–water partition coefficient (Wildman–Crippen LogP) is 6.57. The van der Waals surface area contributed by atoms with Gasteiger partial charge in [-0.3, -0.25) is 4.79 Å². The van der Waals surface area contributed by atoms with E-state index < -0.39 is 0 Å². The van der Waals surface area contributed by atoms with Crippen LogP contribution in [0, 0.1) is 5.92 Å². The molecule has 4 nitrogen and oxygen atoms in total. The zero-order valence-corrected chi connectivity index (χ0v) is 19.8. The molecular formula is C29H31N3O. The number of carbonyl (C=O) groups is 1. The minimum Gasteiger partial charge on any atom is -0.334 e. The molecule has 4 aromatic rings. The topological polar surface area (TPSA) is 38.1 Å². The molecule has 1 unspecified atom stereocenters. The van der Waals surface area contributed by atoms with Gasteiger partial charge in [-0.25, -0.2) is 4.68 Å². The van der Waals surface area contributed by atoms with Crippen molar-refractivity contribution in [2.24, 2.45) is 5.92 Å². The molecule has 1 amide bonds. The zero-order chi connectivity index (χ0) is 23.4. The molecule has 1 heterocycles. The van der Waals surface area contributed by atoms with Crippen LogP contribution in [0.15, 0.2) is 91.0 Å². The minimum absolute atomic E-state index is 0.00422. The highest BCUT2D eigenvalue weighted by Gasteiger charge is 2.31. The van der Waals surface area contributed by atoms with Gasteiger partial charge in [0, 0.05) is 12.6 Å². The lowest BCUT2D eigenvalue weighted by atomic mass is 9.93. The van der Waals surface area contributed by atoms with Crippen LogP contribution in [0.4, 0.5) is 0 Å². The molecule has 0 saturated heterocycles. The van der Waals surface area contributed by atoms with E-state index in [-0.39, 0.29) is 17.9 Å². The number of benzene rings is 3. The number of nitrogens with zero attached hydrogens (tertiary/aromatic N) is 3. The molecule has 0 spiro atoms. The van der Waals surface area contributed by atoms with Crippen molar-refractivity contribution < 1.29 is 4.79 Å². The molecule has 0 aliphatic heterocycles. The van der Waals surface area contributed by atoms with E-state index >= 15 is 0 Å². The van der Waals surface area contributed by atoms with Crippen LogP contribution in [0.1, 0.15) is 48.4 Å². The lowest BCUT2D eigenvalue weighted by Gasteiger charge is -2.32. The van der Waals surface area contributed by atoms with Crippen LogP contribution in [0.25, 0.3) is 16.9 Å². The molecule has 0 aliphatic rings. The fraction of sp³-hybridized carbons (Fsp3) is 0.241. The van der Waals surface area contributed by atoms with E-state index in [0.717, 1.165) is 28.2 Å². The molecular weight excluding hydrogens is 406 g/mol. The van der Waals surface area contributed by atoms with Crippen molar-refractivity contribution in [1.82, 2.24) is 14.7 Å². The Hall–Kier alpha value is -3.66. The number of aromatic nitrogens is 2. The highest BCUT2D eigenvalue weighted by molar-refractivity contribution is 6.01. The van der Waals surface area contributed by atoms with Crippen molar-refractivity contribution in [1.29, 1.82) is 0 Å². The van der Waals surface area contributed by atoms with Crippen LogP contribution < -0.4 is 0 Å². The summed E-state index contributed by atoms with van der Waals surface area (Å²) >= 11 is 0. The Balaban J connectivity index is 1.88. The maximum Gasteiger partial charge on any atom is 0.258 e. The maximum absolute atomic E-state index is 14.2. The molecule has 33 heavy (non-hydrogen) atoms. The van der Waals surface area contributed by atoms with E-state index in [1.54, 1.807) is 0 Å². The average molecular weight is 438 g/mol. The number of carbonyl (C=O) groups excluding carboxylic acids is 1. The summed E-state index contributed by atoms with van der Waals surface area (Å²) in [4.78, 5) is 16.0. The van der Waals surface area contributed by atoms with Crippen molar-refractivity contribution in [3.05, 3.63) is 108 Å². The number of rotatable bonds is 7. The smallest absolute Gasteiger partial charge is 0.258 e. The second-order valence-electron chi connectivity index (χ2n) is 8.65. The van der Waals surface area contributed by atoms with Gasteiger partial charge in [-0.05, 0) is 30.0 Å². The van der Waals surface area contributed by atoms with Gasteiger partial charge in [0.15, 0.2) is 0 Å². The second kappa shape index (κ2) is 9.86. The van der Waals surface area contributed by atoms with E-state index in [2.05, 4.69) is 32.9 Å². The quantitative estimate of drug-likeness (QED) is 0.328. The Kier molecular flexibility index (Phi) is 6.74. The standard InChI is InChI=1S/C29H31N3O/c1-5-25-26(29(33)31(4)28(21(2)3)23-17-11-7-12-18-23)27(22-15-9-6-10-16-22)30-32(25)24-19-13-8-14-20-24/h6-21,28H,5H2,1-4H3. The molecule has 1 aromatic heterocycles. The Labute approximate surface area is 196 Å². The number of amides is 1. The van der Waals surface area contributed by atoms with Gasteiger partial charge in [0.1, 0.15) is 5.69 Å². The van der Waals surface area contributed by atoms with Gasteiger partial charge in [-0.15, -0.1) is 0 Å². The van der Waals surface area contributed by atoms with Crippen LogP contribution in [-0.4, -0.2) is 27.6 Å². The molecule has 0 aliphatic carbocycles. The van der Waals surface area contributed by atoms with E-state index in [9.17, 15) is 4.79 Å². The lowest BCUT2D eigenvalue weighted by Crippen LogP contribution is -2.34. The third-order valence-corrected chi connectivity index (χ3v) is 6.09. The van der Waals surface area contributed by atoms with E-state index in [4.69, 9.17) is 5.10 Å². The van der Waals surface area contributed by atoms with Crippen LogP contribution in [0.5, 0.6) is 0 Å². The average Bonchev–Trinajstić information content (AvgIpc) is 3.25. The van der Waals surface area contributed by atoms with Gasteiger partial charge in [0.05, 0.1) is 23.0 Å². The molecule has 0 bridgehead atoms. The zero-order valence-electron chi connectivity index (χ0n) is 19.8. The van der Waals surface area contributed by atoms with Crippen molar-refractivity contribution >= 4 is 5.91 Å². The Bertz CT molecular complexity index is 1200. The van der Waals surface area contributed by atoms with Crippen LogP contribution in [0.3, 0.4) is 0 Å². The maximum atomic E-state index is 14.2. The summed E-state index contributed by atoms with van der Waals surface area (Å²) in [5, 5.41) is 4.97. The van der Waals surface area contributed by atoms with Gasteiger partial charge in [0.2, 0.25) is 0 Å². The molecule has 168 valence electrons. The first kappa shape index (κ1) is 22.5. The summed E-state index contributed by atoms with van der Waals surface area (Å²) < 4.78 is 1.93. The highest BCUT2D eigenvalue weighted by atomic mass is 16.2. The minimum atomic E-state index is -0.0351. The van der Waals surface area contributed by atoms with Gasteiger partial charge in [-0.1, -0.05) is 99.6 Å². The van der Waals surface area contributed by atoms with Gasteiger partial charge >= 0.3 is 0 Å². The lowest BCUT2D eigenvalue weighted by molar-refractivity contribution is 0.0687. The van der Waals surface area contributed by atoms with E-state index in [1.165, 1.54) is 0 Å². The summed E-state index contributed by atoms with van der Waals surface area (Å²) in [7, 11) is 1.91. The molecule has 0 N–H and O–H groups in total. The monoisotopic (exact) mass is 437 g/mol. The Morgan fingerprint density at radius 1 is 0.879 bits per heavy atom. The normalized spacial score (nSPS) is 12.0. The van der Waals surface area contributed by atoms with Crippen molar-refractivity contribution in [3.63, 3.8) is 0 Å². The SMILES string of the molecule is CCc1c(C(=O)N(C)C(c2ccccc2)C(C)C)c(-c2ccccc2)nn1-c1ccccc1. The molecule has 0 saturated carbocycles. The summed E-state index contributed by atoms with van der Waals surface area (Å²) in [6.45, 7) is 6.40. The summed E-state index contributed by atoms with van der Waals surface area (Å²) in [6.07, 6.45) is 0.696. The Morgan fingerprint density at radius 2 is 1.42 bits per heavy atom. The number of para-hydroxylation sites is 1. The van der Waals surface area contributed by atoms with Crippen LogP contribution in [-0.2, 0) is 6.42 Å². The molecule has 0 fully saturated rings. The Morgan fingerprint density at radius 3 is 1.97 bits per heavy atom. The second-order valence-corrected chi connectivity index (χ2v) is 8.65. The number of hydrogen-bond acceptors (Lipinski definition) is 2. The first-order valence-corrected chi connectivity index (χ1v) is 11.6. The largest absolute Gasteiger partial charge is 0.334 e. The van der Waals surface area contributed by atoms with Crippen LogP contribution >= 0.6 is 0 Å². The molecule has 4 rings (SSSR count). The van der Waals surface area contributed by atoms with E-state index in [1.807, 2.05) is 95.5 Å². The van der Waals surface area contributed by atoms with Gasteiger partial charge in [-0.2, -0.15) is 5.10 Å². The summed E-state index contributed by atoms with van der Waals surface area (Å²) in [6, 6.07) is 30.3. The van der Waals surface area contributed by atoms with Gasteiger partial charge in [0.25, 0.3) is 5.91 Å². The third-order valence-electron chi connectivity index (χ3n) is 6.09. The highest BCUT2D eigenvalue weighted by Crippen LogP contribution is 2.33. The summed E-state index contributed by atoms with van der Waals surface area (Å²) in [5.74, 6) is 0.256. The molecule has 4 heteroatoms. The molecule has 0 radical (unpaired) electrons. The van der Waals surface area contributed by atoms with Crippen molar-refractivity contribution in [2.75, 3.05) is 7.05 Å². The van der Waals surface area contributed by atoms with Crippen molar-refractivity contribution in [3.8, 4) is 16.9 Å². The predicted molar refractivity (Wildman–Crippen MR) is 134 cm³/mol. The number of hydrogen-bond donors (Lipinski definition) is 0. The first-order valence-electron chi connectivity index (χ1n) is 11.6. The molecule has 3 aromatic carbocycles. The van der Waals surface area contributed by atoms with Crippen LogP contribution in [0.2, 0.25) is 0 Å².